The molecule has 2 N–H and O–H groups in total. The highest BCUT2D eigenvalue weighted by Gasteiger charge is 2.22. The molecule has 104 valence electrons. The van der Waals surface area contributed by atoms with Gasteiger partial charge in [-0.15, -0.1) is 0 Å². The zero-order valence-corrected chi connectivity index (χ0v) is 11.3. The van der Waals surface area contributed by atoms with Gasteiger partial charge in [0.05, 0.1) is 32.1 Å². The largest absolute Gasteiger partial charge is 0.497 e. The molecule has 0 bridgehead atoms. The summed E-state index contributed by atoms with van der Waals surface area (Å²) in [5, 5.41) is 0. The van der Waals surface area contributed by atoms with Crippen molar-refractivity contribution in [1.29, 1.82) is 0 Å². The van der Waals surface area contributed by atoms with E-state index in [2.05, 4.69) is 0 Å². The normalized spacial score (nSPS) is 14.6. The molecule has 1 fully saturated rings. The van der Waals surface area contributed by atoms with Crippen molar-refractivity contribution < 1.29 is 19.0 Å². The van der Waals surface area contributed by atoms with Crippen LogP contribution in [-0.2, 0) is 4.74 Å². The fourth-order valence-electron chi connectivity index (χ4n) is 1.99. The van der Waals surface area contributed by atoms with Crippen LogP contribution in [0.3, 0.4) is 0 Å². The van der Waals surface area contributed by atoms with E-state index < -0.39 is 5.97 Å². The quantitative estimate of drug-likeness (QED) is 0.653. The Labute approximate surface area is 112 Å². The lowest BCUT2D eigenvalue weighted by molar-refractivity contribution is 0.0372. The van der Waals surface area contributed by atoms with Crippen molar-refractivity contribution in [2.24, 2.45) is 5.92 Å². The number of hydrogen-bond acceptors (Lipinski definition) is 5. The summed E-state index contributed by atoms with van der Waals surface area (Å²) >= 11 is 0. The predicted molar refractivity (Wildman–Crippen MR) is 71.6 cm³/mol. The lowest BCUT2D eigenvalue weighted by Gasteiger charge is -2.24. The van der Waals surface area contributed by atoms with Crippen LogP contribution in [0.1, 0.15) is 29.6 Å². The van der Waals surface area contributed by atoms with Crippen LogP contribution in [-0.4, -0.2) is 26.8 Å². The number of ether oxygens (including phenoxy) is 3. The topological polar surface area (TPSA) is 70.8 Å². The molecule has 1 saturated carbocycles. The molecule has 0 atom stereocenters. The molecule has 5 nitrogen and oxygen atoms in total. The first-order valence-electron chi connectivity index (χ1n) is 6.34. The summed E-state index contributed by atoms with van der Waals surface area (Å²) in [6.45, 7) is 0.456. The maximum Gasteiger partial charge on any atom is 0.340 e. The summed E-state index contributed by atoms with van der Waals surface area (Å²) in [4.78, 5) is 12.0. The Bertz CT molecular complexity index is 469. The summed E-state index contributed by atoms with van der Waals surface area (Å²) < 4.78 is 15.5. The summed E-state index contributed by atoms with van der Waals surface area (Å²) in [5.41, 5.74) is 6.46. The van der Waals surface area contributed by atoms with Crippen molar-refractivity contribution in [2.75, 3.05) is 26.6 Å². The van der Waals surface area contributed by atoms with Crippen LogP contribution in [0.15, 0.2) is 12.1 Å². The molecule has 2 rings (SSSR count). The zero-order valence-electron chi connectivity index (χ0n) is 11.3. The van der Waals surface area contributed by atoms with Gasteiger partial charge in [-0.1, -0.05) is 6.42 Å². The first-order chi connectivity index (χ1) is 9.15. The molecule has 19 heavy (non-hydrogen) atoms. The molecular weight excluding hydrogens is 246 g/mol. The number of nitrogens with two attached hydrogens (primary N) is 1. The Kier molecular flexibility index (Phi) is 4.14. The first-order valence-corrected chi connectivity index (χ1v) is 6.34. The molecule has 0 heterocycles. The highest BCUT2D eigenvalue weighted by atomic mass is 16.5. The zero-order chi connectivity index (χ0) is 13.8. The van der Waals surface area contributed by atoms with Gasteiger partial charge in [0.25, 0.3) is 0 Å². The number of benzene rings is 1. The Morgan fingerprint density at radius 1 is 1.32 bits per heavy atom. The summed E-state index contributed by atoms with van der Waals surface area (Å²) in [6, 6.07) is 3.21. The minimum absolute atomic E-state index is 0.280. The summed E-state index contributed by atoms with van der Waals surface area (Å²) in [7, 11) is 3.02. The van der Waals surface area contributed by atoms with E-state index >= 15 is 0 Å². The van der Waals surface area contributed by atoms with Crippen LogP contribution in [0.5, 0.6) is 11.5 Å². The van der Waals surface area contributed by atoms with Crippen molar-refractivity contribution in [3.63, 3.8) is 0 Å². The second kappa shape index (κ2) is 5.82. The predicted octanol–water partition coefficient (Wildman–Crippen LogP) is 2.24. The number of rotatable bonds is 5. The number of carbonyl (C=O) groups excluding carboxylic acids is 1. The Balaban J connectivity index is 2.14. The van der Waals surface area contributed by atoms with Crippen molar-refractivity contribution in [3.05, 3.63) is 17.7 Å². The fourth-order valence-corrected chi connectivity index (χ4v) is 1.99. The number of carbonyl (C=O) groups is 1. The average Bonchev–Trinajstić information content (AvgIpc) is 2.37. The SMILES string of the molecule is COc1cc(OC)c(N)c(C(=O)OCC2CCC2)c1. The summed E-state index contributed by atoms with van der Waals surface area (Å²) in [6.07, 6.45) is 3.48. The van der Waals surface area contributed by atoms with E-state index in [1.165, 1.54) is 20.6 Å². The molecule has 0 spiro atoms. The van der Waals surface area contributed by atoms with Crippen molar-refractivity contribution in [2.45, 2.75) is 19.3 Å². The molecule has 5 heteroatoms. The third-order valence-corrected chi connectivity index (χ3v) is 3.47. The van der Waals surface area contributed by atoms with E-state index in [0.717, 1.165) is 12.8 Å². The Hall–Kier alpha value is -1.91. The monoisotopic (exact) mass is 265 g/mol. The molecule has 0 aliphatic heterocycles. The third-order valence-electron chi connectivity index (χ3n) is 3.47. The average molecular weight is 265 g/mol. The van der Waals surface area contributed by atoms with Gasteiger partial charge in [0.1, 0.15) is 11.5 Å². The van der Waals surface area contributed by atoms with E-state index in [1.807, 2.05) is 0 Å². The molecular formula is C14H19NO4. The highest BCUT2D eigenvalue weighted by molar-refractivity contribution is 5.97. The van der Waals surface area contributed by atoms with Gasteiger partial charge in [-0.2, -0.15) is 0 Å². The van der Waals surface area contributed by atoms with Gasteiger partial charge in [-0.25, -0.2) is 4.79 Å². The van der Waals surface area contributed by atoms with Crippen LogP contribution in [0.2, 0.25) is 0 Å². The second-order valence-electron chi connectivity index (χ2n) is 4.69. The minimum atomic E-state index is -0.429. The Morgan fingerprint density at radius 2 is 2.05 bits per heavy atom. The Morgan fingerprint density at radius 3 is 2.58 bits per heavy atom. The highest BCUT2D eigenvalue weighted by Crippen LogP contribution is 2.32. The molecule has 0 unspecified atom stereocenters. The molecule has 1 aliphatic carbocycles. The molecule has 0 saturated heterocycles. The van der Waals surface area contributed by atoms with Crippen LogP contribution >= 0.6 is 0 Å². The lowest BCUT2D eigenvalue weighted by Crippen LogP contribution is -2.20. The van der Waals surface area contributed by atoms with Gasteiger partial charge in [0.2, 0.25) is 0 Å². The van der Waals surface area contributed by atoms with E-state index in [4.69, 9.17) is 19.9 Å². The van der Waals surface area contributed by atoms with Crippen LogP contribution in [0.25, 0.3) is 0 Å². The molecule has 0 amide bonds. The number of hydrogen-bond donors (Lipinski definition) is 1. The lowest BCUT2D eigenvalue weighted by atomic mass is 9.86. The van der Waals surface area contributed by atoms with Gasteiger partial charge in [0, 0.05) is 6.07 Å². The van der Waals surface area contributed by atoms with Crippen LogP contribution in [0.4, 0.5) is 5.69 Å². The molecule has 1 aromatic rings. The van der Waals surface area contributed by atoms with Crippen LogP contribution in [0, 0.1) is 5.92 Å². The van der Waals surface area contributed by atoms with E-state index in [1.54, 1.807) is 12.1 Å². The van der Waals surface area contributed by atoms with Gasteiger partial charge in [-0.05, 0) is 24.8 Å². The van der Waals surface area contributed by atoms with Crippen molar-refractivity contribution in [3.8, 4) is 11.5 Å². The number of anilines is 1. The van der Waals surface area contributed by atoms with E-state index in [-0.39, 0.29) is 11.3 Å². The minimum Gasteiger partial charge on any atom is -0.497 e. The van der Waals surface area contributed by atoms with E-state index in [9.17, 15) is 4.79 Å². The number of nitrogen functional groups attached to an aromatic ring is 1. The second-order valence-corrected chi connectivity index (χ2v) is 4.69. The smallest absolute Gasteiger partial charge is 0.340 e. The number of methoxy groups -OCH3 is 2. The first kappa shape index (κ1) is 13.5. The molecule has 0 aromatic heterocycles. The maximum absolute atomic E-state index is 12.0. The number of esters is 1. The molecule has 1 aromatic carbocycles. The van der Waals surface area contributed by atoms with Crippen molar-refractivity contribution >= 4 is 11.7 Å². The molecule has 0 radical (unpaired) electrons. The van der Waals surface area contributed by atoms with E-state index in [0.29, 0.717) is 24.0 Å². The van der Waals surface area contributed by atoms with Gasteiger partial charge < -0.3 is 19.9 Å². The van der Waals surface area contributed by atoms with Crippen LogP contribution < -0.4 is 15.2 Å². The van der Waals surface area contributed by atoms with Gasteiger partial charge in [-0.3, -0.25) is 0 Å². The fraction of sp³-hybridized carbons (Fsp3) is 0.500. The third kappa shape index (κ3) is 2.92. The maximum atomic E-state index is 12.0. The van der Waals surface area contributed by atoms with Crippen molar-refractivity contribution in [1.82, 2.24) is 0 Å². The summed E-state index contributed by atoms with van der Waals surface area (Å²) in [5.74, 6) is 0.996. The van der Waals surface area contributed by atoms with Gasteiger partial charge in [0.15, 0.2) is 0 Å². The van der Waals surface area contributed by atoms with Gasteiger partial charge >= 0.3 is 5.97 Å². The molecule has 1 aliphatic rings. The standard InChI is InChI=1S/C14H19NO4/c1-17-10-6-11(13(15)12(7-10)18-2)14(16)19-8-9-4-3-5-9/h6-7,9H,3-5,8,15H2,1-2H3.